The second-order valence-corrected chi connectivity index (χ2v) is 0. The van der Waals surface area contributed by atoms with E-state index in [4.69, 9.17) is 0 Å². The molecule has 5 heteroatoms. The van der Waals surface area contributed by atoms with Crippen LogP contribution in [0, 0.1) is 0 Å². The van der Waals surface area contributed by atoms with Crippen LogP contribution in [0.15, 0.2) is 0 Å². The maximum absolute atomic E-state index is 2.43. The first-order chi connectivity index (χ1) is 1.00. The predicted molar refractivity (Wildman–Crippen MR) is 9.71 cm³/mol. The number of hydrogen-bond donors (Lipinski definition) is 0. The second-order valence-electron chi connectivity index (χ2n) is 0. The van der Waals surface area contributed by atoms with E-state index >= 15 is 0 Å². The fourth-order valence-electron chi connectivity index (χ4n) is 0. The normalized spacial score (nSPS) is 1.00. The van der Waals surface area contributed by atoms with Gasteiger partial charge >= 0.3 is 26.6 Å². The molecular weight excluding hydrogens is 453 g/mol. The van der Waals surface area contributed by atoms with Gasteiger partial charge in [-0.2, -0.15) is 0 Å². The largest absolute Gasteiger partial charge is 0 e. The molecule has 0 amide bonds. The summed E-state index contributed by atoms with van der Waals surface area (Å²) in [5.41, 5.74) is 0. The van der Waals surface area contributed by atoms with Crippen LogP contribution in [0.2, 0.25) is 0 Å². The predicted octanol–water partition coefficient (Wildman–Crippen LogP) is 0.316. The van der Waals surface area contributed by atoms with Gasteiger partial charge in [0.25, 0.3) is 0 Å². The Kier molecular flexibility index (Phi) is 128. The summed E-state index contributed by atoms with van der Waals surface area (Å²) in [5, 5.41) is 0. The number of rotatable bonds is 0. The summed E-state index contributed by atoms with van der Waals surface area (Å²) in [6.07, 6.45) is 0. The van der Waals surface area contributed by atoms with Crippen molar-refractivity contribution in [3.8, 4) is 0 Å². The Morgan fingerprint density at radius 3 is 1.20 bits per heavy atom. The average molecular weight is 455 g/mol. The van der Waals surface area contributed by atoms with Crippen molar-refractivity contribution < 1.29 is 85.1 Å². The van der Waals surface area contributed by atoms with Gasteiger partial charge in [-0.3, -0.25) is 0 Å². The molecule has 0 aliphatic rings. The molecule has 0 saturated heterocycles. The van der Waals surface area contributed by atoms with Gasteiger partial charge in [-0.25, -0.2) is 0 Å². The third-order valence-corrected chi connectivity index (χ3v) is 0. The SMILES string of the molecule is [PH2][Mo].[V].[W].[Zr]. The van der Waals surface area contributed by atoms with Crippen LogP contribution >= 0.6 is 7.33 Å². The summed E-state index contributed by atoms with van der Waals surface area (Å²) in [6.45, 7) is 0. The van der Waals surface area contributed by atoms with E-state index in [0.717, 1.165) is 0 Å². The minimum absolute atomic E-state index is 0. The average Bonchev–Trinajstić information content (AvgIpc) is 1.00. The molecule has 0 aromatic heterocycles. The van der Waals surface area contributed by atoms with Gasteiger partial charge in [0, 0.05) is 65.8 Å². The van der Waals surface area contributed by atoms with Crippen LogP contribution in [-0.2, 0) is 85.1 Å². The van der Waals surface area contributed by atoms with E-state index in [0.29, 0.717) is 0 Å². The van der Waals surface area contributed by atoms with E-state index in [1.54, 1.807) is 0 Å². The van der Waals surface area contributed by atoms with Crippen molar-refractivity contribution in [1.82, 2.24) is 0 Å². The first-order valence-electron chi connectivity index (χ1n) is 0.236. The molecule has 0 aliphatic heterocycles. The monoisotopic (exact) mass is 456 g/mol. The maximum atomic E-state index is 2.43. The fourth-order valence-corrected chi connectivity index (χ4v) is 0. The maximum Gasteiger partial charge on any atom is 0 e. The van der Waals surface area contributed by atoms with Crippen molar-refractivity contribution in [2.45, 2.75) is 0 Å². The summed E-state index contributed by atoms with van der Waals surface area (Å²) in [5.74, 6) is 0. The molecule has 0 N–H and O–H groups in total. The minimum Gasteiger partial charge on any atom is 0 e. The van der Waals surface area contributed by atoms with Crippen LogP contribution in [0.3, 0.4) is 0 Å². The smallest absolute Gasteiger partial charge is 0 e. The van der Waals surface area contributed by atoms with Crippen molar-refractivity contribution in [2.24, 2.45) is 0 Å². The van der Waals surface area contributed by atoms with E-state index in [1.807, 2.05) is 19.3 Å². The van der Waals surface area contributed by atoms with Crippen molar-refractivity contribution >= 4 is 7.33 Å². The summed E-state index contributed by atoms with van der Waals surface area (Å²) in [4.78, 5) is 0. The quantitative estimate of drug-likeness (QED) is 0.365. The van der Waals surface area contributed by atoms with Gasteiger partial charge in [-0.05, 0) is 0 Å². The van der Waals surface area contributed by atoms with Gasteiger partial charge in [0.05, 0.1) is 0 Å². The molecule has 5 heavy (non-hydrogen) atoms. The molecule has 0 bridgehead atoms. The van der Waals surface area contributed by atoms with Gasteiger partial charge < -0.3 is 0 Å². The Morgan fingerprint density at radius 1 is 1.20 bits per heavy atom. The number of hydrogen-bond acceptors (Lipinski definition) is 0. The molecule has 0 saturated carbocycles. The van der Waals surface area contributed by atoms with Crippen LogP contribution in [0.25, 0.3) is 0 Å². The first kappa shape index (κ1) is 24.0. The van der Waals surface area contributed by atoms with Gasteiger partial charge in [0.15, 0.2) is 0 Å². The van der Waals surface area contributed by atoms with Crippen LogP contribution in [0.1, 0.15) is 0 Å². The molecule has 1 radical (unpaired) electrons. The van der Waals surface area contributed by atoms with Crippen molar-refractivity contribution in [3.05, 3.63) is 0 Å². The molecular formula is H2MoPVWZr. The van der Waals surface area contributed by atoms with Crippen LogP contribution < -0.4 is 0 Å². The van der Waals surface area contributed by atoms with E-state index < -0.39 is 0 Å². The van der Waals surface area contributed by atoms with Crippen LogP contribution in [0.5, 0.6) is 0 Å². The summed E-state index contributed by atoms with van der Waals surface area (Å²) < 4.78 is 0. The minimum atomic E-state index is 0. The Hall–Kier alpha value is 3.27. The molecule has 0 fully saturated rings. The molecule has 0 spiro atoms. The van der Waals surface area contributed by atoms with Gasteiger partial charge in [0.1, 0.15) is 0 Å². The zero-order valence-electron chi connectivity index (χ0n) is 2.34. The Labute approximate surface area is 90.8 Å². The topological polar surface area (TPSA) is 0 Å². The molecule has 1 atom stereocenters. The zero-order valence-corrected chi connectivity index (χ0v) is 12.3. The summed E-state index contributed by atoms with van der Waals surface area (Å²) in [6, 6.07) is 0. The molecule has 28 valence electrons. The summed E-state index contributed by atoms with van der Waals surface area (Å²) in [7, 11) is 2.43. The molecule has 0 nitrogen and oxygen atoms in total. The van der Waals surface area contributed by atoms with Gasteiger partial charge in [-0.1, -0.05) is 0 Å². The van der Waals surface area contributed by atoms with Crippen LogP contribution in [-0.4, -0.2) is 0 Å². The van der Waals surface area contributed by atoms with Crippen LogP contribution in [0.4, 0.5) is 0 Å². The Bertz CT molecular complexity index is 11.6. The van der Waals surface area contributed by atoms with E-state index in [2.05, 4.69) is 7.33 Å². The first-order valence-corrected chi connectivity index (χ1v) is 4.18. The summed E-state index contributed by atoms with van der Waals surface area (Å²) >= 11 is 1.87. The Morgan fingerprint density at radius 2 is 1.20 bits per heavy atom. The van der Waals surface area contributed by atoms with Gasteiger partial charge in [-0.15, -0.1) is 0 Å². The molecule has 0 aromatic carbocycles. The third-order valence-electron chi connectivity index (χ3n) is 0. The molecule has 0 aliphatic carbocycles. The van der Waals surface area contributed by atoms with Crippen molar-refractivity contribution in [1.29, 1.82) is 0 Å². The zero-order chi connectivity index (χ0) is 2.00. The Balaban J connectivity index is -0.00000000167. The van der Waals surface area contributed by atoms with E-state index in [-0.39, 0.29) is 65.8 Å². The van der Waals surface area contributed by atoms with Gasteiger partial charge in [0.2, 0.25) is 0 Å². The van der Waals surface area contributed by atoms with Crippen molar-refractivity contribution in [3.63, 3.8) is 0 Å². The molecule has 0 rings (SSSR count). The third kappa shape index (κ3) is 18.9. The standard InChI is InChI=1S/Mo.H2P.V.W.Zr/h;1H2;;;/q+1;-1;;;. The molecule has 0 heterocycles. The fraction of sp³-hybridized carbons (Fsp3) is 0. The van der Waals surface area contributed by atoms with Crippen molar-refractivity contribution in [2.75, 3.05) is 0 Å². The van der Waals surface area contributed by atoms with E-state index in [1.165, 1.54) is 0 Å². The second kappa shape index (κ2) is 26.7. The van der Waals surface area contributed by atoms with E-state index in [9.17, 15) is 0 Å². The molecule has 1 unspecified atom stereocenters. The molecule has 0 aromatic rings.